The first-order valence-corrected chi connectivity index (χ1v) is 10.2. The minimum Gasteiger partial charge on any atom is -0.360 e. The van der Waals surface area contributed by atoms with Crippen molar-refractivity contribution < 1.29 is 13.5 Å². The topological polar surface area (TPSA) is 50.3 Å². The molecule has 0 saturated carbocycles. The minimum absolute atomic E-state index is 0.104. The Morgan fingerprint density at radius 1 is 1.36 bits per heavy atom. The van der Waals surface area contributed by atoms with Crippen LogP contribution in [0.3, 0.4) is 0 Å². The lowest BCUT2D eigenvalue weighted by molar-refractivity contribution is -0.0113. The molecule has 3 aromatic rings. The van der Waals surface area contributed by atoms with E-state index in [1.54, 1.807) is 17.5 Å². The molecule has 0 radical (unpaired) electrons. The van der Waals surface area contributed by atoms with Gasteiger partial charge in [0.25, 0.3) is 0 Å². The Balaban J connectivity index is 1.52. The molecule has 148 valence electrons. The maximum absolute atomic E-state index is 13.9. The molecule has 1 saturated heterocycles. The van der Waals surface area contributed by atoms with Gasteiger partial charge in [0.05, 0.1) is 23.0 Å². The zero-order valence-electron chi connectivity index (χ0n) is 14.9. The molecule has 2 unspecified atom stereocenters. The Hall–Kier alpha value is -1.71. The number of hydrogen-bond donors (Lipinski definition) is 1. The van der Waals surface area contributed by atoms with Crippen molar-refractivity contribution >= 4 is 33.2 Å². The smallest absolute Gasteiger partial charge is 0.143 e. The standard InChI is InChI=1S/C19H19ClF2N4OS/c20-18-10-26(5-6-27-18)19(16-8-15-17(28-16)9-23-11-25-15)24-4-3-12-1-2-13(21)7-14(12)22/h1-2,7-9,11,18-19,24H,3-6,10H2. The molecule has 1 aliphatic heterocycles. The largest absolute Gasteiger partial charge is 0.360 e. The van der Waals surface area contributed by atoms with Gasteiger partial charge in [-0.3, -0.25) is 10.2 Å². The highest BCUT2D eigenvalue weighted by molar-refractivity contribution is 7.19. The van der Waals surface area contributed by atoms with Gasteiger partial charge in [-0.2, -0.15) is 0 Å². The van der Waals surface area contributed by atoms with Crippen LogP contribution in [0.5, 0.6) is 0 Å². The summed E-state index contributed by atoms with van der Waals surface area (Å²) < 4.78 is 33.5. The lowest BCUT2D eigenvalue weighted by Crippen LogP contribution is -2.47. The molecular weight excluding hydrogens is 406 g/mol. The van der Waals surface area contributed by atoms with Gasteiger partial charge in [-0.15, -0.1) is 11.3 Å². The average molecular weight is 425 g/mol. The van der Waals surface area contributed by atoms with Gasteiger partial charge in [0, 0.05) is 36.8 Å². The van der Waals surface area contributed by atoms with E-state index in [1.165, 1.54) is 18.5 Å². The first-order valence-electron chi connectivity index (χ1n) is 8.96. The molecule has 0 aliphatic carbocycles. The van der Waals surface area contributed by atoms with E-state index in [2.05, 4.69) is 20.2 Å². The summed E-state index contributed by atoms with van der Waals surface area (Å²) >= 11 is 7.81. The molecule has 1 aromatic carbocycles. The molecule has 0 amide bonds. The normalized spacial score (nSPS) is 19.2. The quantitative estimate of drug-likeness (QED) is 0.611. The fourth-order valence-corrected chi connectivity index (χ4v) is 4.64. The van der Waals surface area contributed by atoms with Gasteiger partial charge in [0.2, 0.25) is 0 Å². The maximum atomic E-state index is 13.9. The number of alkyl halides is 1. The molecule has 5 nitrogen and oxygen atoms in total. The molecule has 3 heterocycles. The van der Waals surface area contributed by atoms with Crippen LogP contribution in [-0.2, 0) is 11.2 Å². The van der Waals surface area contributed by atoms with E-state index in [9.17, 15) is 8.78 Å². The number of thiophene rings is 1. The number of morpholine rings is 1. The number of nitrogens with zero attached hydrogens (tertiary/aromatic N) is 3. The Bertz CT molecular complexity index is 924. The van der Waals surface area contributed by atoms with Crippen LogP contribution in [0.15, 0.2) is 36.8 Å². The molecule has 1 fully saturated rings. The fraction of sp³-hybridized carbons (Fsp3) is 0.368. The van der Waals surface area contributed by atoms with Crippen molar-refractivity contribution in [1.29, 1.82) is 0 Å². The van der Waals surface area contributed by atoms with Crippen LogP contribution in [0.4, 0.5) is 8.78 Å². The van der Waals surface area contributed by atoms with Gasteiger partial charge in [0.1, 0.15) is 23.5 Å². The van der Waals surface area contributed by atoms with Gasteiger partial charge in [-0.25, -0.2) is 18.7 Å². The number of aromatic nitrogens is 2. The number of fused-ring (bicyclic) bond motifs is 1. The van der Waals surface area contributed by atoms with Crippen molar-refractivity contribution in [1.82, 2.24) is 20.2 Å². The summed E-state index contributed by atoms with van der Waals surface area (Å²) in [6.07, 6.45) is 3.67. The summed E-state index contributed by atoms with van der Waals surface area (Å²) in [4.78, 5) is 11.7. The zero-order chi connectivity index (χ0) is 19.5. The molecule has 2 atom stereocenters. The van der Waals surface area contributed by atoms with Gasteiger partial charge in [0.15, 0.2) is 0 Å². The van der Waals surface area contributed by atoms with Gasteiger partial charge >= 0.3 is 0 Å². The Morgan fingerprint density at radius 3 is 3.04 bits per heavy atom. The van der Waals surface area contributed by atoms with E-state index in [0.717, 1.165) is 27.7 Å². The van der Waals surface area contributed by atoms with Crippen LogP contribution in [-0.4, -0.2) is 46.7 Å². The number of nitrogens with one attached hydrogen (secondary N) is 1. The molecule has 2 aromatic heterocycles. The average Bonchev–Trinajstić information content (AvgIpc) is 3.10. The van der Waals surface area contributed by atoms with E-state index < -0.39 is 11.6 Å². The van der Waals surface area contributed by atoms with Gasteiger partial charge < -0.3 is 4.74 Å². The Labute approximate surface area is 170 Å². The summed E-state index contributed by atoms with van der Waals surface area (Å²) in [5.74, 6) is -1.09. The predicted molar refractivity (Wildman–Crippen MR) is 105 cm³/mol. The van der Waals surface area contributed by atoms with E-state index >= 15 is 0 Å². The highest BCUT2D eigenvalue weighted by Crippen LogP contribution is 2.31. The maximum Gasteiger partial charge on any atom is 0.143 e. The number of halogens is 3. The molecular formula is C19H19ClF2N4OS. The van der Waals surface area contributed by atoms with Crippen LogP contribution < -0.4 is 5.32 Å². The van der Waals surface area contributed by atoms with E-state index in [-0.39, 0.29) is 11.7 Å². The van der Waals surface area contributed by atoms with Crippen molar-refractivity contribution in [3.63, 3.8) is 0 Å². The monoisotopic (exact) mass is 424 g/mol. The fourth-order valence-electron chi connectivity index (χ4n) is 3.28. The van der Waals surface area contributed by atoms with Crippen LogP contribution in [0, 0.1) is 11.6 Å². The van der Waals surface area contributed by atoms with Crippen molar-refractivity contribution in [2.75, 3.05) is 26.2 Å². The first-order chi connectivity index (χ1) is 13.6. The molecule has 0 spiro atoms. The van der Waals surface area contributed by atoms with Crippen molar-refractivity contribution in [3.05, 3.63) is 58.9 Å². The third-order valence-corrected chi connectivity index (χ3v) is 6.03. The molecule has 28 heavy (non-hydrogen) atoms. The van der Waals surface area contributed by atoms with Gasteiger partial charge in [-0.1, -0.05) is 17.7 Å². The molecule has 1 aliphatic rings. The SMILES string of the molecule is Fc1ccc(CCNC(c2cc3ncncc3s2)N2CCOC(Cl)C2)c(F)c1. The Kier molecular flexibility index (Phi) is 6.13. The van der Waals surface area contributed by atoms with Crippen LogP contribution >= 0.6 is 22.9 Å². The third kappa shape index (κ3) is 4.47. The second-order valence-corrected chi connectivity index (χ2v) is 8.14. The molecule has 9 heteroatoms. The summed E-state index contributed by atoms with van der Waals surface area (Å²) in [6, 6.07) is 5.72. The summed E-state index contributed by atoms with van der Waals surface area (Å²) in [5.41, 5.74) is 0.996. The second-order valence-electron chi connectivity index (χ2n) is 6.54. The zero-order valence-corrected chi connectivity index (χ0v) is 16.5. The lowest BCUT2D eigenvalue weighted by Gasteiger charge is -2.36. The number of benzene rings is 1. The second kappa shape index (κ2) is 8.75. The molecule has 0 bridgehead atoms. The highest BCUT2D eigenvalue weighted by atomic mass is 35.5. The number of hydrogen-bond acceptors (Lipinski definition) is 6. The van der Waals surface area contributed by atoms with E-state index in [4.69, 9.17) is 16.3 Å². The summed E-state index contributed by atoms with van der Waals surface area (Å²) in [5, 5.41) is 3.49. The van der Waals surface area contributed by atoms with Crippen LogP contribution in [0.25, 0.3) is 10.2 Å². The van der Waals surface area contributed by atoms with Crippen molar-refractivity contribution in [2.45, 2.75) is 18.1 Å². The number of rotatable bonds is 6. The Morgan fingerprint density at radius 2 is 2.25 bits per heavy atom. The first kappa shape index (κ1) is 19.6. The number of ether oxygens (including phenoxy) is 1. The molecule has 1 N–H and O–H groups in total. The predicted octanol–water partition coefficient (Wildman–Crippen LogP) is 3.70. The summed E-state index contributed by atoms with van der Waals surface area (Å²) in [6.45, 7) is 2.37. The lowest BCUT2D eigenvalue weighted by atomic mass is 10.1. The summed E-state index contributed by atoms with van der Waals surface area (Å²) in [7, 11) is 0. The van der Waals surface area contributed by atoms with Crippen LogP contribution in [0.2, 0.25) is 0 Å². The van der Waals surface area contributed by atoms with E-state index in [0.29, 0.717) is 31.7 Å². The van der Waals surface area contributed by atoms with Crippen LogP contribution in [0.1, 0.15) is 16.6 Å². The van der Waals surface area contributed by atoms with Crippen molar-refractivity contribution in [3.8, 4) is 0 Å². The highest BCUT2D eigenvalue weighted by Gasteiger charge is 2.27. The van der Waals surface area contributed by atoms with Crippen molar-refractivity contribution in [2.24, 2.45) is 0 Å². The van der Waals surface area contributed by atoms with E-state index in [1.807, 2.05) is 6.07 Å². The van der Waals surface area contributed by atoms with Gasteiger partial charge in [-0.05, 0) is 24.1 Å². The molecule has 4 rings (SSSR count). The third-order valence-electron chi connectivity index (χ3n) is 4.65. The minimum atomic E-state index is -0.569.